The third-order valence-electron chi connectivity index (χ3n) is 4.08. The van der Waals surface area contributed by atoms with Crippen LogP contribution in [0.15, 0.2) is 32.7 Å². The SMILES string of the molecule is Cn1c(=O)[nH]c2ccc(S(=O)(=O)N3C[C@H](O)C[C@@H](O)C3)cc2c1=O. The highest BCUT2D eigenvalue weighted by atomic mass is 32.2. The van der Waals surface area contributed by atoms with Gasteiger partial charge >= 0.3 is 5.69 Å². The van der Waals surface area contributed by atoms with Gasteiger partial charge in [-0.15, -0.1) is 0 Å². The number of H-pyrrole nitrogens is 1. The number of hydrogen-bond donors (Lipinski definition) is 3. The number of aliphatic hydroxyl groups is 2. The van der Waals surface area contributed by atoms with Crippen LogP contribution in [-0.4, -0.2) is 57.8 Å². The molecule has 0 radical (unpaired) electrons. The first-order valence-electron chi connectivity index (χ1n) is 7.29. The number of β-amino-alcohol motifs (C(OH)–C–C–N with tert-alkyl or cyclic N) is 2. The first kappa shape index (κ1) is 16.8. The highest BCUT2D eigenvalue weighted by Crippen LogP contribution is 2.22. The Morgan fingerprint density at radius 3 is 2.42 bits per heavy atom. The number of aliphatic hydroxyl groups excluding tert-OH is 2. The summed E-state index contributed by atoms with van der Waals surface area (Å²) in [7, 11) is -2.70. The number of sulfonamides is 1. The topological polar surface area (TPSA) is 133 Å². The maximum atomic E-state index is 12.7. The van der Waals surface area contributed by atoms with E-state index in [2.05, 4.69) is 4.98 Å². The summed E-state index contributed by atoms with van der Waals surface area (Å²) in [5, 5.41) is 19.4. The molecule has 3 rings (SSSR count). The van der Waals surface area contributed by atoms with E-state index in [1.165, 1.54) is 25.2 Å². The zero-order valence-electron chi connectivity index (χ0n) is 12.8. The molecule has 9 nitrogen and oxygen atoms in total. The van der Waals surface area contributed by atoms with Crippen molar-refractivity contribution < 1.29 is 18.6 Å². The molecule has 1 fully saturated rings. The van der Waals surface area contributed by atoms with Gasteiger partial charge in [-0.25, -0.2) is 13.2 Å². The highest BCUT2D eigenvalue weighted by Gasteiger charge is 2.33. The Morgan fingerprint density at radius 2 is 1.79 bits per heavy atom. The molecule has 0 bridgehead atoms. The van der Waals surface area contributed by atoms with Gasteiger partial charge < -0.3 is 15.2 Å². The Balaban J connectivity index is 2.12. The van der Waals surface area contributed by atoms with E-state index in [0.717, 1.165) is 8.87 Å². The maximum absolute atomic E-state index is 12.7. The van der Waals surface area contributed by atoms with Crippen molar-refractivity contribution in [2.45, 2.75) is 23.5 Å². The molecule has 1 aromatic heterocycles. The maximum Gasteiger partial charge on any atom is 0.328 e. The lowest BCUT2D eigenvalue weighted by Gasteiger charge is -2.32. The average molecular weight is 355 g/mol. The lowest BCUT2D eigenvalue weighted by Crippen LogP contribution is -2.48. The standard InChI is InChI=1S/C14H17N3O6S/c1-16-13(20)11-5-10(2-3-12(11)15-14(16)21)24(22,23)17-6-8(18)4-9(19)7-17/h2-3,5,8-9,18-19H,4,6-7H2,1H3,(H,15,21)/t8-,9-/m1/s1. The van der Waals surface area contributed by atoms with E-state index in [-0.39, 0.29) is 35.3 Å². The van der Waals surface area contributed by atoms with Gasteiger partial charge in [0.1, 0.15) is 0 Å². The number of hydrogen-bond acceptors (Lipinski definition) is 6. The second-order valence-electron chi connectivity index (χ2n) is 5.87. The fourth-order valence-corrected chi connectivity index (χ4v) is 4.34. The van der Waals surface area contributed by atoms with E-state index in [1.54, 1.807) is 0 Å². The van der Waals surface area contributed by atoms with E-state index in [0.29, 0.717) is 0 Å². The number of benzene rings is 1. The van der Waals surface area contributed by atoms with Gasteiger partial charge in [-0.3, -0.25) is 9.36 Å². The fraction of sp³-hybridized carbons (Fsp3) is 0.429. The molecule has 1 aromatic carbocycles. The molecule has 2 heterocycles. The summed E-state index contributed by atoms with van der Waals surface area (Å²) >= 11 is 0. The molecular formula is C14H17N3O6S. The Morgan fingerprint density at radius 1 is 1.17 bits per heavy atom. The van der Waals surface area contributed by atoms with E-state index in [4.69, 9.17) is 0 Å². The number of nitrogens with zero attached hydrogens (tertiary/aromatic N) is 2. The van der Waals surface area contributed by atoms with Crippen LogP contribution >= 0.6 is 0 Å². The summed E-state index contributed by atoms with van der Waals surface area (Å²) in [6.45, 7) is -0.248. The van der Waals surface area contributed by atoms with Crippen molar-refractivity contribution in [3.63, 3.8) is 0 Å². The molecule has 1 saturated heterocycles. The Bertz CT molecular complexity index is 999. The van der Waals surface area contributed by atoms with Crippen molar-refractivity contribution in [2.75, 3.05) is 13.1 Å². The molecule has 0 amide bonds. The summed E-state index contributed by atoms with van der Waals surface area (Å²) in [6, 6.07) is 3.82. The zero-order valence-corrected chi connectivity index (χ0v) is 13.7. The summed E-state index contributed by atoms with van der Waals surface area (Å²) in [6.07, 6.45) is -1.78. The molecule has 0 spiro atoms. The molecular weight excluding hydrogens is 338 g/mol. The van der Waals surface area contributed by atoms with Crippen LogP contribution in [0.2, 0.25) is 0 Å². The Hall–Kier alpha value is -2.01. The molecule has 3 N–H and O–H groups in total. The van der Waals surface area contributed by atoms with Gasteiger partial charge in [0.15, 0.2) is 0 Å². The lowest BCUT2D eigenvalue weighted by atomic mass is 10.1. The van der Waals surface area contributed by atoms with Crippen molar-refractivity contribution in [1.29, 1.82) is 0 Å². The molecule has 2 atom stereocenters. The van der Waals surface area contributed by atoms with Crippen LogP contribution < -0.4 is 11.2 Å². The van der Waals surface area contributed by atoms with Gasteiger partial charge in [0.2, 0.25) is 10.0 Å². The van der Waals surface area contributed by atoms with Gasteiger partial charge in [0.25, 0.3) is 5.56 Å². The largest absolute Gasteiger partial charge is 0.392 e. The minimum atomic E-state index is -3.99. The van der Waals surface area contributed by atoms with Crippen molar-refractivity contribution in [3.8, 4) is 0 Å². The van der Waals surface area contributed by atoms with Crippen molar-refractivity contribution in [1.82, 2.24) is 13.9 Å². The van der Waals surface area contributed by atoms with Gasteiger partial charge in [-0.1, -0.05) is 0 Å². The number of nitrogens with one attached hydrogen (secondary N) is 1. The minimum absolute atomic E-state index is 0.0660. The normalized spacial score (nSPS) is 22.8. The van der Waals surface area contributed by atoms with Crippen molar-refractivity contribution >= 4 is 20.9 Å². The molecule has 0 aliphatic carbocycles. The van der Waals surface area contributed by atoms with E-state index in [1.807, 2.05) is 0 Å². The molecule has 10 heteroatoms. The van der Waals surface area contributed by atoms with Gasteiger partial charge in [0.05, 0.1) is 28.0 Å². The Labute approximate surface area is 136 Å². The predicted octanol–water partition coefficient (Wildman–Crippen LogP) is -1.66. The Kier molecular flexibility index (Phi) is 4.08. The predicted molar refractivity (Wildman–Crippen MR) is 85.2 cm³/mol. The third-order valence-corrected chi connectivity index (χ3v) is 5.91. The molecule has 0 saturated carbocycles. The number of aromatic amines is 1. The molecule has 24 heavy (non-hydrogen) atoms. The molecule has 0 unspecified atom stereocenters. The summed E-state index contributed by atoms with van der Waals surface area (Å²) in [5.74, 6) is 0. The lowest BCUT2D eigenvalue weighted by molar-refractivity contribution is 0.0213. The second-order valence-corrected chi connectivity index (χ2v) is 7.81. The number of aromatic nitrogens is 2. The first-order chi connectivity index (χ1) is 11.2. The van der Waals surface area contributed by atoms with Crippen LogP contribution in [0.25, 0.3) is 10.9 Å². The van der Waals surface area contributed by atoms with Crippen molar-refractivity contribution in [3.05, 3.63) is 39.0 Å². The fourth-order valence-electron chi connectivity index (χ4n) is 2.79. The molecule has 1 aliphatic rings. The van der Waals surface area contributed by atoms with Gasteiger partial charge in [-0.2, -0.15) is 4.31 Å². The quantitative estimate of drug-likeness (QED) is 0.591. The highest BCUT2D eigenvalue weighted by molar-refractivity contribution is 7.89. The van der Waals surface area contributed by atoms with E-state index < -0.39 is 33.5 Å². The molecule has 1 aliphatic heterocycles. The number of piperidine rings is 1. The van der Waals surface area contributed by atoms with E-state index in [9.17, 15) is 28.2 Å². The van der Waals surface area contributed by atoms with Gasteiger partial charge in [0, 0.05) is 26.6 Å². The van der Waals surface area contributed by atoms with Crippen molar-refractivity contribution in [2.24, 2.45) is 7.05 Å². The summed E-state index contributed by atoms with van der Waals surface area (Å²) in [5.41, 5.74) is -0.962. The smallest absolute Gasteiger partial charge is 0.328 e. The first-order valence-corrected chi connectivity index (χ1v) is 8.73. The third kappa shape index (κ3) is 2.77. The average Bonchev–Trinajstić information content (AvgIpc) is 2.51. The van der Waals surface area contributed by atoms with Crippen LogP contribution in [0.4, 0.5) is 0 Å². The summed E-state index contributed by atoms with van der Waals surface area (Å²) in [4.78, 5) is 26.1. The summed E-state index contributed by atoms with van der Waals surface area (Å²) < 4.78 is 27.3. The van der Waals surface area contributed by atoms with Crippen LogP contribution in [0.3, 0.4) is 0 Å². The van der Waals surface area contributed by atoms with Gasteiger partial charge in [-0.05, 0) is 18.2 Å². The van der Waals surface area contributed by atoms with Crippen LogP contribution in [0, 0.1) is 0 Å². The van der Waals surface area contributed by atoms with Crippen LogP contribution in [-0.2, 0) is 17.1 Å². The monoisotopic (exact) mass is 355 g/mol. The zero-order chi connectivity index (χ0) is 17.6. The van der Waals surface area contributed by atoms with Crippen LogP contribution in [0.1, 0.15) is 6.42 Å². The molecule has 2 aromatic rings. The van der Waals surface area contributed by atoms with E-state index >= 15 is 0 Å². The van der Waals surface area contributed by atoms with Crippen LogP contribution in [0.5, 0.6) is 0 Å². The number of fused-ring (bicyclic) bond motifs is 1. The molecule has 130 valence electrons. The minimum Gasteiger partial charge on any atom is -0.392 e. The second kappa shape index (κ2) is 5.81. The number of rotatable bonds is 2.